The van der Waals surface area contributed by atoms with Gasteiger partial charge < -0.3 is 9.72 Å². The average molecular weight is 365 g/mol. The Morgan fingerprint density at radius 1 is 1.11 bits per heavy atom. The summed E-state index contributed by atoms with van der Waals surface area (Å²) in [5, 5.41) is 0. The highest BCUT2D eigenvalue weighted by molar-refractivity contribution is 5.55. The first kappa shape index (κ1) is 17.1. The summed E-state index contributed by atoms with van der Waals surface area (Å²) in [6, 6.07) is 11.0. The summed E-state index contributed by atoms with van der Waals surface area (Å²) in [5.41, 5.74) is 3.15. The number of fused-ring (bicyclic) bond motifs is 2. The fraction of sp³-hybridized carbons (Fsp3) is 0.545. The largest absolute Gasteiger partial charge is 0.381 e. The summed E-state index contributed by atoms with van der Waals surface area (Å²) in [5.74, 6) is 1.93. The average Bonchev–Trinajstić information content (AvgIpc) is 3.32. The van der Waals surface area contributed by atoms with Crippen molar-refractivity contribution < 1.29 is 4.74 Å². The number of aromatic amines is 1. The number of aromatic nitrogens is 2. The van der Waals surface area contributed by atoms with Crippen LogP contribution in [-0.2, 0) is 11.3 Å². The summed E-state index contributed by atoms with van der Waals surface area (Å²) in [6.07, 6.45) is 6.05. The van der Waals surface area contributed by atoms with E-state index < -0.39 is 0 Å². The molecule has 5 nitrogen and oxygen atoms in total. The maximum atomic E-state index is 12.2. The monoisotopic (exact) mass is 365 g/mol. The molecule has 1 aliphatic carbocycles. The Hall–Kier alpha value is -1.98. The standard InChI is InChI=1S/C22H27N3O2/c26-21-12-20(17-7-9-27-10-8-17)23-22(24-21)18-4-1-15(2-5-18)13-25-14-16-3-6-19(25)11-16/h1-2,4-5,12,16-17,19H,3,6-11,13-14H2,(H,23,24,26)/t16-,19-/m0/s1. The number of piperidine rings is 1. The van der Waals surface area contributed by atoms with Crippen LogP contribution in [-0.4, -0.2) is 40.7 Å². The predicted molar refractivity (Wildman–Crippen MR) is 105 cm³/mol. The van der Waals surface area contributed by atoms with Crippen molar-refractivity contribution in [3.05, 3.63) is 51.9 Å². The molecule has 1 N–H and O–H groups in total. The van der Waals surface area contributed by atoms with Crippen molar-refractivity contribution in [3.8, 4) is 11.4 Å². The van der Waals surface area contributed by atoms with E-state index in [9.17, 15) is 4.79 Å². The SMILES string of the molecule is O=c1cc(C2CCOCC2)nc(-c2ccc(CN3C[C@H]4CC[C@H]3C4)cc2)[nH]1. The van der Waals surface area contributed by atoms with Gasteiger partial charge in [-0.25, -0.2) is 4.98 Å². The Bertz CT molecular complexity index is 855. The minimum absolute atomic E-state index is 0.0707. The van der Waals surface area contributed by atoms with Crippen LogP contribution in [0.25, 0.3) is 11.4 Å². The molecule has 1 aromatic carbocycles. The lowest BCUT2D eigenvalue weighted by molar-refractivity contribution is 0.0845. The number of hydrogen-bond acceptors (Lipinski definition) is 4. The van der Waals surface area contributed by atoms with Crippen molar-refractivity contribution in [2.45, 2.75) is 50.6 Å². The van der Waals surface area contributed by atoms with Crippen molar-refractivity contribution in [1.82, 2.24) is 14.9 Å². The Kier molecular flexibility index (Phi) is 4.58. The summed E-state index contributed by atoms with van der Waals surface area (Å²) >= 11 is 0. The minimum Gasteiger partial charge on any atom is -0.381 e. The number of nitrogens with zero attached hydrogens (tertiary/aromatic N) is 2. The Morgan fingerprint density at radius 3 is 2.63 bits per heavy atom. The molecule has 27 heavy (non-hydrogen) atoms. The van der Waals surface area contributed by atoms with Crippen molar-refractivity contribution in [2.75, 3.05) is 19.8 Å². The van der Waals surface area contributed by atoms with Crippen LogP contribution in [0.1, 0.15) is 49.3 Å². The van der Waals surface area contributed by atoms with E-state index in [-0.39, 0.29) is 5.56 Å². The lowest BCUT2D eigenvalue weighted by Gasteiger charge is -2.26. The molecule has 2 saturated heterocycles. The molecule has 3 fully saturated rings. The molecule has 3 heterocycles. The maximum Gasteiger partial charge on any atom is 0.251 e. The minimum atomic E-state index is -0.0707. The first-order valence-electron chi connectivity index (χ1n) is 10.3. The van der Waals surface area contributed by atoms with Crippen molar-refractivity contribution in [1.29, 1.82) is 0 Å². The first-order valence-corrected chi connectivity index (χ1v) is 10.3. The zero-order chi connectivity index (χ0) is 18.2. The van der Waals surface area contributed by atoms with E-state index in [2.05, 4.69) is 34.1 Å². The number of rotatable bonds is 4. The molecular formula is C22H27N3O2. The lowest BCUT2D eigenvalue weighted by Crippen LogP contribution is -2.31. The van der Waals surface area contributed by atoms with Crippen molar-refractivity contribution in [2.24, 2.45) is 5.92 Å². The molecule has 0 spiro atoms. The summed E-state index contributed by atoms with van der Waals surface area (Å²) in [6.45, 7) is 3.80. The van der Waals surface area contributed by atoms with Gasteiger partial charge in [0, 0.05) is 49.9 Å². The molecule has 5 rings (SSSR count). The van der Waals surface area contributed by atoms with Gasteiger partial charge in [-0.15, -0.1) is 0 Å². The summed E-state index contributed by atoms with van der Waals surface area (Å²) in [4.78, 5) is 22.5. The number of likely N-dealkylation sites (tertiary alicyclic amines) is 1. The van der Waals surface area contributed by atoms with Gasteiger partial charge in [0.1, 0.15) is 5.82 Å². The molecule has 2 atom stereocenters. The van der Waals surface area contributed by atoms with Crippen LogP contribution in [0.3, 0.4) is 0 Å². The zero-order valence-corrected chi connectivity index (χ0v) is 15.7. The fourth-order valence-corrected chi connectivity index (χ4v) is 5.04. The normalized spacial score (nSPS) is 25.9. The van der Waals surface area contributed by atoms with Crippen LogP contribution in [0.4, 0.5) is 0 Å². The molecule has 2 aliphatic heterocycles. The van der Waals surface area contributed by atoms with Crippen molar-refractivity contribution in [3.63, 3.8) is 0 Å². The van der Waals surface area contributed by atoms with Gasteiger partial charge in [0.25, 0.3) is 5.56 Å². The van der Waals surface area contributed by atoms with E-state index in [0.29, 0.717) is 11.7 Å². The molecule has 5 heteroatoms. The Morgan fingerprint density at radius 2 is 1.93 bits per heavy atom. The van der Waals surface area contributed by atoms with Gasteiger partial charge >= 0.3 is 0 Å². The molecule has 0 unspecified atom stereocenters. The van der Waals surface area contributed by atoms with E-state index in [1.165, 1.54) is 31.4 Å². The smallest absolute Gasteiger partial charge is 0.251 e. The number of hydrogen-bond donors (Lipinski definition) is 1. The van der Waals surface area contributed by atoms with Gasteiger partial charge in [0.15, 0.2) is 0 Å². The number of H-pyrrole nitrogens is 1. The topological polar surface area (TPSA) is 58.2 Å². The van der Waals surface area contributed by atoms with Crippen LogP contribution in [0.2, 0.25) is 0 Å². The van der Waals surface area contributed by atoms with E-state index >= 15 is 0 Å². The molecule has 2 bridgehead atoms. The molecule has 3 aliphatic rings. The van der Waals surface area contributed by atoms with Gasteiger partial charge in [-0.1, -0.05) is 24.3 Å². The van der Waals surface area contributed by atoms with Gasteiger partial charge in [-0.05, 0) is 43.6 Å². The summed E-state index contributed by atoms with van der Waals surface area (Å²) < 4.78 is 5.43. The fourth-order valence-electron chi connectivity index (χ4n) is 5.04. The molecular weight excluding hydrogens is 338 g/mol. The third-order valence-electron chi connectivity index (χ3n) is 6.54. The molecule has 142 valence electrons. The van der Waals surface area contributed by atoms with Gasteiger partial charge in [0.05, 0.1) is 5.69 Å². The third kappa shape index (κ3) is 3.58. The Balaban J connectivity index is 1.33. The van der Waals surface area contributed by atoms with Crippen LogP contribution >= 0.6 is 0 Å². The number of benzene rings is 1. The molecule has 0 amide bonds. The number of ether oxygens (including phenoxy) is 1. The van der Waals surface area contributed by atoms with E-state index in [1.54, 1.807) is 6.07 Å². The molecule has 2 aromatic rings. The van der Waals surface area contributed by atoms with Crippen LogP contribution in [0.15, 0.2) is 35.1 Å². The Labute approximate surface area is 159 Å². The lowest BCUT2D eigenvalue weighted by atomic mass is 9.96. The highest BCUT2D eigenvalue weighted by atomic mass is 16.5. The highest BCUT2D eigenvalue weighted by Gasteiger charge is 2.37. The van der Waals surface area contributed by atoms with Gasteiger partial charge in [-0.3, -0.25) is 9.69 Å². The second-order valence-electron chi connectivity index (χ2n) is 8.36. The second kappa shape index (κ2) is 7.21. The van der Waals surface area contributed by atoms with E-state index in [0.717, 1.165) is 55.8 Å². The van der Waals surface area contributed by atoms with E-state index in [4.69, 9.17) is 9.72 Å². The first-order chi connectivity index (χ1) is 13.2. The summed E-state index contributed by atoms with van der Waals surface area (Å²) in [7, 11) is 0. The van der Waals surface area contributed by atoms with Crippen LogP contribution < -0.4 is 5.56 Å². The number of nitrogens with one attached hydrogen (secondary N) is 1. The second-order valence-corrected chi connectivity index (χ2v) is 8.36. The van der Waals surface area contributed by atoms with Gasteiger partial charge in [0.2, 0.25) is 0 Å². The van der Waals surface area contributed by atoms with Crippen LogP contribution in [0.5, 0.6) is 0 Å². The molecule has 1 aromatic heterocycles. The predicted octanol–water partition coefficient (Wildman–Crippen LogP) is 3.32. The highest BCUT2D eigenvalue weighted by Crippen LogP contribution is 2.38. The maximum absolute atomic E-state index is 12.2. The molecule has 1 saturated carbocycles. The zero-order valence-electron chi connectivity index (χ0n) is 15.7. The quantitative estimate of drug-likeness (QED) is 0.903. The van der Waals surface area contributed by atoms with Crippen LogP contribution in [0, 0.1) is 5.92 Å². The van der Waals surface area contributed by atoms with Gasteiger partial charge in [-0.2, -0.15) is 0 Å². The third-order valence-corrected chi connectivity index (χ3v) is 6.54. The van der Waals surface area contributed by atoms with E-state index in [1.807, 2.05) is 0 Å². The molecule has 0 radical (unpaired) electrons. The van der Waals surface area contributed by atoms with Crippen molar-refractivity contribution >= 4 is 0 Å².